The fourth-order valence-corrected chi connectivity index (χ4v) is 2.49. The van der Waals surface area contributed by atoms with E-state index in [-0.39, 0.29) is 24.3 Å². The predicted octanol–water partition coefficient (Wildman–Crippen LogP) is 1.40. The Kier molecular flexibility index (Phi) is 8.76. The molecule has 1 saturated carbocycles. The summed E-state index contributed by atoms with van der Waals surface area (Å²) in [4.78, 5) is 23.8. The Balaban J connectivity index is 0.00000324. The van der Waals surface area contributed by atoms with Crippen molar-refractivity contribution in [1.82, 2.24) is 10.6 Å². The van der Waals surface area contributed by atoms with Crippen LogP contribution in [-0.4, -0.2) is 38.1 Å². The van der Waals surface area contributed by atoms with Crippen molar-refractivity contribution in [3.8, 4) is 0 Å². The van der Waals surface area contributed by atoms with Crippen LogP contribution < -0.4 is 10.6 Å². The minimum atomic E-state index is -0.774. The number of nitrogens with one attached hydrogen (secondary N) is 2. The quantitative estimate of drug-likeness (QED) is 0.574. The molecule has 0 aromatic rings. The molecule has 19 heavy (non-hydrogen) atoms. The van der Waals surface area contributed by atoms with E-state index in [1.54, 1.807) is 0 Å². The highest BCUT2D eigenvalue weighted by atomic mass is 35.5. The third kappa shape index (κ3) is 5.37. The van der Waals surface area contributed by atoms with Crippen LogP contribution in [0.2, 0.25) is 0 Å². The monoisotopic (exact) mass is 292 g/mol. The van der Waals surface area contributed by atoms with E-state index in [2.05, 4.69) is 10.6 Å². The van der Waals surface area contributed by atoms with Gasteiger partial charge in [0.25, 0.3) is 0 Å². The molecule has 0 bridgehead atoms. The summed E-state index contributed by atoms with van der Waals surface area (Å²) in [7, 11) is 3.24. The van der Waals surface area contributed by atoms with Crippen molar-refractivity contribution in [2.75, 3.05) is 20.7 Å². The van der Waals surface area contributed by atoms with Crippen LogP contribution in [0.4, 0.5) is 0 Å². The van der Waals surface area contributed by atoms with Gasteiger partial charge in [-0.2, -0.15) is 0 Å². The fourth-order valence-electron chi connectivity index (χ4n) is 2.49. The topological polar surface area (TPSA) is 67.4 Å². The lowest BCUT2D eigenvalue weighted by Crippen LogP contribution is -2.56. The number of amides is 1. The Hall–Kier alpha value is -0.810. The number of hydrogen-bond acceptors (Lipinski definition) is 4. The molecule has 6 heteroatoms. The molecule has 2 N–H and O–H groups in total. The molecule has 1 fully saturated rings. The van der Waals surface area contributed by atoms with Crippen LogP contribution in [0.15, 0.2) is 0 Å². The molecule has 1 rings (SSSR count). The number of hydrogen-bond donors (Lipinski definition) is 2. The van der Waals surface area contributed by atoms with Gasteiger partial charge in [0.05, 0.1) is 7.11 Å². The molecule has 0 aromatic carbocycles. The second-order valence-electron chi connectivity index (χ2n) is 4.89. The maximum atomic E-state index is 11.9. The van der Waals surface area contributed by atoms with Crippen LogP contribution in [-0.2, 0) is 14.3 Å². The van der Waals surface area contributed by atoms with Gasteiger partial charge in [0.15, 0.2) is 0 Å². The van der Waals surface area contributed by atoms with Gasteiger partial charge in [0.2, 0.25) is 5.91 Å². The minimum absolute atomic E-state index is 0. The van der Waals surface area contributed by atoms with Gasteiger partial charge in [-0.3, -0.25) is 4.79 Å². The minimum Gasteiger partial charge on any atom is -0.467 e. The van der Waals surface area contributed by atoms with Crippen LogP contribution in [0.1, 0.15) is 44.9 Å². The third-order valence-corrected chi connectivity index (χ3v) is 3.49. The largest absolute Gasteiger partial charge is 0.467 e. The zero-order chi connectivity index (χ0) is 13.4. The van der Waals surface area contributed by atoms with Crippen LogP contribution in [0.25, 0.3) is 0 Å². The number of carbonyl (C=O) groups excluding carboxylic acids is 2. The van der Waals surface area contributed by atoms with Gasteiger partial charge in [-0.05, 0) is 32.9 Å². The molecule has 0 aromatic heterocycles. The second-order valence-corrected chi connectivity index (χ2v) is 4.89. The summed E-state index contributed by atoms with van der Waals surface area (Å²) in [6.07, 6.45) is 5.65. The lowest BCUT2D eigenvalue weighted by molar-refractivity contribution is -0.152. The van der Waals surface area contributed by atoms with Crippen LogP contribution in [0.5, 0.6) is 0 Å². The van der Waals surface area contributed by atoms with E-state index >= 15 is 0 Å². The van der Waals surface area contributed by atoms with Crippen LogP contribution in [0.3, 0.4) is 0 Å². The zero-order valence-electron chi connectivity index (χ0n) is 11.8. The van der Waals surface area contributed by atoms with Crippen LogP contribution in [0, 0.1) is 0 Å². The Bertz CT molecular complexity index is 292. The highest BCUT2D eigenvalue weighted by Gasteiger charge is 2.41. The highest BCUT2D eigenvalue weighted by Crippen LogP contribution is 2.29. The lowest BCUT2D eigenvalue weighted by Gasteiger charge is -2.35. The smallest absolute Gasteiger partial charge is 0.331 e. The standard InChI is InChI=1S/C13H24N2O3.ClH/c1-14-10-6-7-11(16)15-13(12(17)18-2)8-4-3-5-9-13;/h14H,3-10H2,1-2H3,(H,15,16);1H. The van der Waals surface area contributed by atoms with Gasteiger partial charge < -0.3 is 15.4 Å². The highest BCUT2D eigenvalue weighted by molar-refractivity contribution is 5.88. The zero-order valence-corrected chi connectivity index (χ0v) is 12.6. The fraction of sp³-hybridized carbons (Fsp3) is 0.846. The first-order chi connectivity index (χ1) is 8.64. The Morgan fingerprint density at radius 2 is 1.84 bits per heavy atom. The molecular weight excluding hydrogens is 268 g/mol. The molecule has 5 nitrogen and oxygen atoms in total. The summed E-state index contributed by atoms with van der Waals surface area (Å²) in [5.41, 5.74) is -0.774. The van der Waals surface area contributed by atoms with E-state index in [9.17, 15) is 9.59 Å². The van der Waals surface area contributed by atoms with E-state index in [0.29, 0.717) is 19.3 Å². The Morgan fingerprint density at radius 3 is 2.37 bits per heavy atom. The Morgan fingerprint density at radius 1 is 1.21 bits per heavy atom. The Labute approximate surface area is 121 Å². The molecular formula is C13H25ClN2O3. The predicted molar refractivity (Wildman–Crippen MR) is 76.4 cm³/mol. The molecule has 0 heterocycles. The number of methoxy groups -OCH3 is 1. The molecule has 1 amide bonds. The molecule has 0 aliphatic heterocycles. The van der Waals surface area contributed by atoms with E-state index in [4.69, 9.17) is 4.74 Å². The summed E-state index contributed by atoms with van der Waals surface area (Å²) in [5.74, 6) is -0.360. The SMILES string of the molecule is CNCCCC(=O)NC1(C(=O)OC)CCCCC1.Cl. The molecule has 0 saturated heterocycles. The average Bonchev–Trinajstić information content (AvgIpc) is 2.39. The van der Waals surface area contributed by atoms with Crippen molar-refractivity contribution in [1.29, 1.82) is 0 Å². The van der Waals surface area contributed by atoms with Gasteiger partial charge in [-0.25, -0.2) is 4.79 Å². The number of ether oxygens (including phenoxy) is 1. The maximum absolute atomic E-state index is 11.9. The van der Waals surface area contributed by atoms with Crippen molar-refractivity contribution in [3.05, 3.63) is 0 Å². The van der Waals surface area contributed by atoms with Gasteiger partial charge in [-0.1, -0.05) is 19.3 Å². The first kappa shape index (κ1) is 18.2. The second kappa shape index (κ2) is 9.15. The first-order valence-corrected chi connectivity index (χ1v) is 6.68. The molecule has 112 valence electrons. The van der Waals surface area contributed by atoms with E-state index in [0.717, 1.165) is 32.2 Å². The first-order valence-electron chi connectivity index (χ1n) is 6.68. The number of esters is 1. The third-order valence-electron chi connectivity index (χ3n) is 3.49. The maximum Gasteiger partial charge on any atom is 0.331 e. The van der Waals surface area contributed by atoms with Gasteiger partial charge in [0, 0.05) is 6.42 Å². The average molecular weight is 293 g/mol. The number of halogens is 1. The normalized spacial score (nSPS) is 17.2. The molecule has 1 aliphatic rings. The van der Waals surface area contributed by atoms with Crippen molar-refractivity contribution in [3.63, 3.8) is 0 Å². The van der Waals surface area contributed by atoms with Gasteiger partial charge in [-0.15, -0.1) is 12.4 Å². The van der Waals surface area contributed by atoms with Crippen LogP contribution >= 0.6 is 12.4 Å². The summed E-state index contributed by atoms with van der Waals surface area (Å²) < 4.78 is 4.85. The van der Waals surface area contributed by atoms with Gasteiger partial charge in [0.1, 0.15) is 5.54 Å². The van der Waals surface area contributed by atoms with Gasteiger partial charge >= 0.3 is 5.97 Å². The van der Waals surface area contributed by atoms with Crippen molar-refractivity contribution < 1.29 is 14.3 Å². The van der Waals surface area contributed by atoms with E-state index in [1.165, 1.54) is 7.11 Å². The summed E-state index contributed by atoms with van der Waals surface area (Å²) in [5, 5.41) is 5.90. The lowest BCUT2D eigenvalue weighted by atomic mass is 9.81. The molecule has 0 radical (unpaired) electrons. The molecule has 0 unspecified atom stereocenters. The van der Waals surface area contributed by atoms with E-state index < -0.39 is 5.54 Å². The number of carbonyl (C=O) groups is 2. The molecule has 0 atom stereocenters. The molecule has 1 aliphatic carbocycles. The summed E-state index contributed by atoms with van der Waals surface area (Å²) >= 11 is 0. The summed E-state index contributed by atoms with van der Waals surface area (Å²) in [6.45, 7) is 0.804. The molecule has 0 spiro atoms. The number of rotatable bonds is 6. The van der Waals surface area contributed by atoms with E-state index in [1.807, 2.05) is 7.05 Å². The van der Waals surface area contributed by atoms with Crippen molar-refractivity contribution in [2.24, 2.45) is 0 Å². The van der Waals surface area contributed by atoms with Crippen molar-refractivity contribution >= 4 is 24.3 Å². The summed E-state index contributed by atoms with van der Waals surface area (Å²) in [6, 6.07) is 0. The van der Waals surface area contributed by atoms with Crippen molar-refractivity contribution in [2.45, 2.75) is 50.5 Å².